The Morgan fingerprint density at radius 1 is 1.44 bits per heavy atom. The molecular formula is C13H25NO2. The van der Waals surface area contributed by atoms with Gasteiger partial charge < -0.3 is 10.1 Å². The molecule has 1 N–H and O–H groups in total. The molecular weight excluding hydrogens is 202 g/mol. The lowest BCUT2D eigenvalue weighted by Crippen LogP contribution is -2.36. The number of rotatable bonds is 3. The second-order valence-electron chi connectivity index (χ2n) is 5.50. The van der Waals surface area contributed by atoms with Crippen LogP contribution in [0.4, 0.5) is 4.79 Å². The summed E-state index contributed by atoms with van der Waals surface area (Å²) in [4.78, 5) is 11.3. The van der Waals surface area contributed by atoms with Crippen molar-refractivity contribution in [2.75, 3.05) is 7.05 Å². The van der Waals surface area contributed by atoms with E-state index in [1.54, 1.807) is 7.05 Å². The third-order valence-electron chi connectivity index (χ3n) is 3.43. The van der Waals surface area contributed by atoms with Crippen molar-refractivity contribution in [1.82, 2.24) is 5.32 Å². The normalized spacial score (nSPS) is 30.2. The lowest BCUT2D eigenvalue weighted by atomic mass is 9.77. The Morgan fingerprint density at radius 3 is 2.69 bits per heavy atom. The van der Waals surface area contributed by atoms with E-state index in [1.165, 1.54) is 12.8 Å². The van der Waals surface area contributed by atoms with E-state index >= 15 is 0 Å². The van der Waals surface area contributed by atoms with Crippen molar-refractivity contribution >= 4 is 6.09 Å². The maximum atomic E-state index is 11.3. The molecule has 0 radical (unpaired) electrons. The Hall–Kier alpha value is -0.730. The fourth-order valence-electron chi connectivity index (χ4n) is 2.61. The van der Waals surface area contributed by atoms with Crippen molar-refractivity contribution in [3.63, 3.8) is 0 Å². The molecule has 94 valence electrons. The largest absolute Gasteiger partial charge is 0.446 e. The van der Waals surface area contributed by atoms with E-state index in [1.807, 2.05) is 0 Å². The first kappa shape index (κ1) is 13.3. The molecule has 0 aromatic carbocycles. The molecule has 1 amide bonds. The summed E-state index contributed by atoms with van der Waals surface area (Å²) in [6.07, 6.45) is 4.48. The third-order valence-corrected chi connectivity index (χ3v) is 3.43. The molecule has 1 fully saturated rings. The molecule has 0 saturated heterocycles. The van der Waals surface area contributed by atoms with Crippen molar-refractivity contribution in [3.05, 3.63) is 0 Å². The van der Waals surface area contributed by atoms with Crippen LogP contribution in [-0.2, 0) is 4.74 Å². The van der Waals surface area contributed by atoms with Gasteiger partial charge in [-0.25, -0.2) is 4.79 Å². The molecule has 3 heteroatoms. The predicted molar refractivity (Wildman–Crippen MR) is 65.3 cm³/mol. The standard InChI is InChI=1S/C13H25NO2/c1-9(2)7-11-6-5-10(3)8-12(11)16-13(15)14-4/h9-12H,5-8H2,1-4H3,(H,14,15). The highest BCUT2D eigenvalue weighted by Crippen LogP contribution is 2.34. The van der Waals surface area contributed by atoms with Crippen LogP contribution in [0.3, 0.4) is 0 Å². The number of ether oxygens (including phenoxy) is 1. The molecule has 3 nitrogen and oxygen atoms in total. The molecule has 0 bridgehead atoms. The SMILES string of the molecule is CNC(=O)OC1CC(C)CCC1CC(C)C. The van der Waals surface area contributed by atoms with Crippen LogP contribution in [-0.4, -0.2) is 19.2 Å². The van der Waals surface area contributed by atoms with E-state index in [9.17, 15) is 4.79 Å². The first-order chi connectivity index (χ1) is 7.52. The fourth-order valence-corrected chi connectivity index (χ4v) is 2.61. The maximum absolute atomic E-state index is 11.3. The van der Waals surface area contributed by atoms with Gasteiger partial charge in [0, 0.05) is 7.05 Å². The number of amides is 1. The van der Waals surface area contributed by atoms with Crippen molar-refractivity contribution in [1.29, 1.82) is 0 Å². The van der Waals surface area contributed by atoms with Gasteiger partial charge in [0.1, 0.15) is 6.10 Å². The van der Waals surface area contributed by atoms with Gasteiger partial charge in [-0.2, -0.15) is 0 Å². The van der Waals surface area contributed by atoms with Crippen molar-refractivity contribution in [3.8, 4) is 0 Å². The number of carbonyl (C=O) groups is 1. The molecule has 1 saturated carbocycles. The Bertz CT molecular complexity index is 228. The molecule has 0 aliphatic heterocycles. The van der Waals surface area contributed by atoms with Crippen molar-refractivity contribution in [2.24, 2.45) is 17.8 Å². The summed E-state index contributed by atoms with van der Waals surface area (Å²) in [6.45, 7) is 6.70. The van der Waals surface area contributed by atoms with E-state index in [0.29, 0.717) is 17.8 Å². The average molecular weight is 227 g/mol. The summed E-state index contributed by atoms with van der Waals surface area (Å²) < 4.78 is 5.47. The van der Waals surface area contributed by atoms with Crippen LogP contribution in [0.2, 0.25) is 0 Å². The zero-order chi connectivity index (χ0) is 12.1. The van der Waals surface area contributed by atoms with Gasteiger partial charge >= 0.3 is 6.09 Å². The van der Waals surface area contributed by atoms with Gasteiger partial charge in [0.2, 0.25) is 0 Å². The van der Waals surface area contributed by atoms with Gasteiger partial charge in [0.15, 0.2) is 0 Å². The molecule has 1 rings (SSSR count). The van der Waals surface area contributed by atoms with Crippen LogP contribution >= 0.6 is 0 Å². The minimum absolute atomic E-state index is 0.117. The third kappa shape index (κ3) is 4.03. The molecule has 0 heterocycles. The second kappa shape index (κ2) is 6.12. The number of alkyl carbamates (subject to hydrolysis) is 1. The summed E-state index contributed by atoms with van der Waals surface area (Å²) in [5.74, 6) is 1.90. The fraction of sp³-hybridized carbons (Fsp3) is 0.923. The van der Waals surface area contributed by atoms with E-state index in [2.05, 4.69) is 26.1 Å². The zero-order valence-corrected chi connectivity index (χ0v) is 11.0. The van der Waals surface area contributed by atoms with Gasteiger partial charge in [-0.3, -0.25) is 0 Å². The molecule has 3 atom stereocenters. The van der Waals surface area contributed by atoms with Crippen LogP contribution in [0.25, 0.3) is 0 Å². The number of hydrogen-bond donors (Lipinski definition) is 1. The summed E-state index contributed by atoms with van der Waals surface area (Å²) in [5, 5.41) is 2.54. The van der Waals surface area contributed by atoms with E-state index in [0.717, 1.165) is 12.8 Å². The van der Waals surface area contributed by atoms with Gasteiger partial charge in [-0.15, -0.1) is 0 Å². The summed E-state index contributed by atoms with van der Waals surface area (Å²) in [7, 11) is 1.62. The van der Waals surface area contributed by atoms with E-state index < -0.39 is 0 Å². The Balaban J connectivity index is 2.54. The number of carbonyl (C=O) groups excluding carboxylic acids is 1. The predicted octanol–water partition coefficient (Wildman–Crippen LogP) is 3.19. The lowest BCUT2D eigenvalue weighted by Gasteiger charge is -2.35. The first-order valence-electron chi connectivity index (χ1n) is 6.41. The number of nitrogens with one attached hydrogen (secondary N) is 1. The van der Waals surface area contributed by atoms with Crippen LogP contribution in [0.5, 0.6) is 0 Å². The Morgan fingerprint density at radius 2 is 2.12 bits per heavy atom. The van der Waals surface area contributed by atoms with Crippen molar-refractivity contribution in [2.45, 2.75) is 52.6 Å². The Labute approximate surface area is 98.9 Å². The monoisotopic (exact) mass is 227 g/mol. The topological polar surface area (TPSA) is 38.3 Å². The van der Waals surface area contributed by atoms with E-state index in [-0.39, 0.29) is 12.2 Å². The lowest BCUT2D eigenvalue weighted by molar-refractivity contribution is 0.0165. The average Bonchev–Trinajstić information content (AvgIpc) is 2.21. The summed E-state index contributed by atoms with van der Waals surface area (Å²) >= 11 is 0. The maximum Gasteiger partial charge on any atom is 0.407 e. The highest BCUT2D eigenvalue weighted by molar-refractivity contribution is 5.66. The molecule has 3 unspecified atom stereocenters. The van der Waals surface area contributed by atoms with Crippen LogP contribution in [0, 0.1) is 17.8 Å². The minimum atomic E-state index is -0.284. The summed E-state index contributed by atoms with van der Waals surface area (Å²) in [6, 6.07) is 0. The zero-order valence-electron chi connectivity index (χ0n) is 11.0. The van der Waals surface area contributed by atoms with Gasteiger partial charge in [0.25, 0.3) is 0 Å². The molecule has 1 aliphatic carbocycles. The van der Waals surface area contributed by atoms with Crippen LogP contribution < -0.4 is 5.32 Å². The quantitative estimate of drug-likeness (QED) is 0.804. The Kier molecular flexibility index (Phi) is 5.10. The van der Waals surface area contributed by atoms with Gasteiger partial charge in [-0.05, 0) is 37.0 Å². The van der Waals surface area contributed by atoms with Gasteiger partial charge in [-0.1, -0.05) is 27.2 Å². The van der Waals surface area contributed by atoms with Crippen LogP contribution in [0.15, 0.2) is 0 Å². The highest BCUT2D eigenvalue weighted by Gasteiger charge is 2.31. The highest BCUT2D eigenvalue weighted by atomic mass is 16.6. The van der Waals surface area contributed by atoms with Crippen LogP contribution in [0.1, 0.15) is 46.5 Å². The van der Waals surface area contributed by atoms with Crippen molar-refractivity contribution < 1.29 is 9.53 Å². The smallest absolute Gasteiger partial charge is 0.407 e. The molecule has 0 aromatic rings. The molecule has 0 aromatic heterocycles. The molecule has 1 aliphatic rings. The molecule has 16 heavy (non-hydrogen) atoms. The minimum Gasteiger partial charge on any atom is -0.446 e. The van der Waals surface area contributed by atoms with E-state index in [4.69, 9.17) is 4.74 Å². The van der Waals surface area contributed by atoms with Gasteiger partial charge in [0.05, 0.1) is 0 Å². The summed E-state index contributed by atoms with van der Waals surface area (Å²) in [5.41, 5.74) is 0. The molecule has 0 spiro atoms. The first-order valence-corrected chi connectivity index (χ1v) is 6.41. The number of hydrogen-bond acceptors (Lipinski definition) is 2. The second-order valence-corrected chi connectivity index (χ2v) is 5.50.